The number of phenols is 1. The predicted octanol–water partition coefficient (Wildman–Crippen LogP) is -0.690. The van der Waals surface area contributed by atoms with Gasteiger partial charge in [-0.1, -0.05) is 0 Å². The minimum absolute atomic E-state index is 0. The third-order valence-electron chi connectivity index (χ3n) is 5.04. The van der Waals surface area contributed by atoms with Crippen molar-refractivity contribution in [1.29, 1.82) is 0 Å². The molecule has 13 nitrogen and oxygen atoms in total. The van der Waals surface area contributed by atoms with E-state index in [0.29, 0.717) is 33.8 Å². The van der Waals surface area contributed by atoms with Crippen molar-refractivity contribution in [3.05, 3.63) is 133 Å². The van der Waals surface area contributed by atoms with Gasteiger partial charge in [-0.2, -0.15) is 0 Å². The largest absolute Gasteiger partial charge is 1.00 e. The van der Waals surface area contributed by atoms with Crippen molar-refractivity contribution in [3.8, 4) is 17.2 Å². The van der Waals surface area contributed by atoms with Crippen LogP contribution in [-0.4, -0.2) is 34.0 Å². The molecule has 0 heterocycles. The molecule has 0 aliphatic heterocycles. The summed E-state index contributed by atoms with van der Waals surface area (Å²) < 4.78 is 17.9. The summed E-state index contributed by atoms with van der Waals surface area (Å²) in [6, 6.07) is 20.6. The molecule has 0 unspecified atom stereocenters. The van der Waals surface area contributed by atoms with Gasteiger partial charge in [-0.25, -0.2) is 4.39 Å². The van der Waals surface area contributed by atoms with Gasteiger partial charge < -0.3 is 21.4 Å². The van der Waals surface area contributed by atoms with Crippen LogP contribution in [0.4, 0.5) is 15.8 Å². The summed E-state index contributed by atoms with van der Waals surface area (Å²) in [4.78, 5) is 51.7. The van der Waals surface area contributed by atoms with Gasteiger partial charge in [0, 0.05) is 34.4 Å². The number of aldehydes is 2. The Morgan fingerprint density at radius 2 is 1.11 bits per heavy atom. The fraction of sp³-hybridized carbons (Fsp3) is 0.0690. The van der Waals surface area contributed by atoms with Crippen LogP contribution in [0, 0.1) is 39.9 Å². The molecular weight excluding hydrogens is 650 g/mol. The molecule has 45 heavy (non-hydrogen) atoms. The molecule has 0 aromatic heterocycles. The summed E-state index contributed by atoms with van der Waals surface area (Å²) in [5, 5.41) is 38.1. The summed E-state index contributed by atoms with van der Waals surface area (Å²) in [6.07, 6.45) is 1.49. The number of phenolic OH excluding ortho intramolecular Hbond substituents is 1. The number of nitro benzene ring substituents is 2. The minimum atomic E-state index is -0.533. The van der Waals surface area contributed by atoms with Gasteiger partial charge in [0.1, 0.15) is 35.6 Å². The van der Waals surface area contributed by atoms with Crippen LogP contribution < -0.4 is 113 Å². The number of rotatable bonds is 7. The fourth-order valence-corrected chi connectivity index (χ4v) is 3.02. The number of nitrogens with zero attached hydrogens (tertiary/aromatic N) is 2. The first-order valence-corrected chi connectivity index (χ1v) is 11.8. The molecule has 4 rings (SSSR count). The monoisotopic (exact) mass is 674 g/mol. The van der Waals surface area contributed by atoms with Crippen molar-refractivity contribution in [2.45, 2.75) is 13.8 Å². The summed E-state index contributed by atoms with van der Waals surface area (Å²) in [5.41, 5.74) is 2.03. The summed E-state index contributed by atoms with van der Waals surface area (Å²) >= 11 is 0. The first kappa shape index (κ1) is 44.4. The number of carbonyl (C=O) groups excluding carboxylic acids is 3. The molecule has 0 fully saturated rings. The van der Waals surface area contributed by atoms with Crippen LogP contribution in [0.25, 0.3) is 0 Å². The van der Waals surface area contributed by atoms with Gasteiger partial charge in [0.2, 0.25) is 0 Å². The smallest absolute Gasteiger partial charge is 1.00 e. The van der Waals surface area contributed by atoms with E-state index in [-0.39, 0.29) is 128 Å². The van der Waals surface area contributed by atoms with Crippen LogP contribution in [0.3, 0.4) is 0 Å². The van der Waals surface area contributed by atoms with Gasteiger partial charge in [0.15, 0.2) is 0 Å². The van der Waals surface area contributed by atoms with E-state index in [2.05, 4.69) is 4.89 Å². The summed E-state index contributed by atoms with van der Waals surface area (Å²) in [7, 11) is 0. The van der Waals surface area contributed by atoms with Gasteiger partial charge in [-0.3, -0.25) is 34.6 Å². The van der Waals surface area contributed by atoms with Gasteiger partial charge >= 0.3 is 103 Å². The Hall–Kier alpha value is -2.75. The van der Waals surface area contributed by atoms with Crippen molar-refractivity contribution >= 4 is 30.4 Å². The van der Waals surface area contributed by atoms with Crippen LogP contribution in [0.15, 0.2) is 84.9 Å². The molecule has 0 spiro atoms. The zero-order chi connectivity index (χ0) is 32.4. The zero-order valence-electron chi connectivity index (χ0n) is 25.6. The molecule has 4 aromatic carbocycles. The fourth-order valence-electron chi connectivity index (χ4n) is 3.02. The Kier molecular flexibility index (Phi) is 24.1. The number of halogens is 1. The van der Waals surface area contributed by atoms with Crippen LogP contribution in [0.1, 0.15) is 33.3 Å². The van der Waals surface area contributed by atoms with Crippen LogP contribution in [-0.2, 0) is 9.68 Å². The number of hydrogen-bond donors (Lipinski definition) is 1. The Labute approximate surface area is 342 Å². The molecule has 0 saturated carbocycles. The average molecular weight is 675 g/mol. The molecule has 0 aliphatic rings. The van der Waals surface area contributed by atoms with E-state index < -0.39 is 15.7 Å². The van der Waals surface area contributed by atoms with Crippen molar-refractivity contribution in [2.75, 3.05) is 0 Å². The third-order valence-corrected chi connectivity index (χ3v) is 5.04. The number of nitro groups is 2. The zero-order valence-corrected chi connectivity index (χ0v) is 30.9. The quantitative estimate of drug-likeness (QED) is 0.0856. The Bertz CT molecular complexity index is 1550. The van der Waals surface area contributed by atoms with Gasteiger partial charge in [-0.15, -0.1) is 0 Å². The number of hydrogen-bond acceptors (Lipinski definition) is 11. The topological polar surface area (TPSA) is 199 Å². The maximum atomic E-state index is 12.4. The molecular formula is C29H25FK2N2O11. The molecule has 0 radical (unpaired) electrons. The van der Waals surface area contributed by atoms with E-state index in [0.717, 1.165) is 30.8 Å². The van der Waals surface area contributed by atoms with Crippen LogP contribution >= 0.6 is 0 Å². The first-order valence-electron chi connectivity index (χ1n) is 11.8. The molecule has 4 aromatic rings. The number of aryl methyl sites for hydroxylation is 2. The molecule has 0 saturated heterocycles. The Morgan fingerprint density at radius 3 is 1.49 bits per heavy atom. The van der Waals surface area contributed by atoms with E-state index in [4.69, 9.17) is 19.9 Å². The molecule has 16 heteroatoms. The minimum Gasteiger partial charge on any atom is -1.00 e. The predicted molar refractivity (Wildman–Crippen MR) is 149 cm³/mol. The van der Waals surface area contributed by atoms with Crippen molar-refractivity contribution in [3.63, 3.8) is 0 Å². The molecule has 0 atom stereocenters. The molecule has 1 N–H and O–H groups in total. The maximum Gasteiger partial charge on any atom is 1.00 e. The molecule has 0 aliphatic carbocycles. The summed E-state index contributed by atoms with van der Waals surface area (Å²) in [6.45, 7) is 2.97. The normalized spacial score (nSPS) is 8.80. The Morgan fingerprint density at radius 1 is 0.711 bits per heavy atom. The van der Waals surface area contributed by atoms with Crippen molar-refractivity contribution in [1.82, 2.24) is 0 Å². The molecule has 0 bridgehead atoms. The van der Waals surface area contributed by atoms with Crippen LogP contribution in [0.5, 0.6) is 17.2 Å². The van der Waals surface area contributed by atoms with Gasteiger partial charge in [0.25, 0.3) is 17.8 Å². The SMILES string of the molecule is Cc1cc(F)ccc1[N+](=O)[O-].Cc1cc(Oc2ccc(C=O)cc2)ccc1[N+](=O)[O-].O=CO[O-].O=Cc1ccc(O)cc1.[H-].[K+].[K+]. The Balaban J connectivity index is -0.000000589. The van der Waals surface area contributed by atoms with E-state index in [9.17, 15) is 34.2 Å². The number of ether oxygens (including phenoxy) is 1. The standard InChI is InChI=1S/C14H11NO4.C7H6FNO2.C7H6O2.CH2O3.2K.H/c1-10-8-13(6-7-14(10)15(17)18)19-12-4-2-11(9-16)3-5-12;1-5-4-6(8)2-3-7(5)9(10)11;8-5-6-1-3-7(9)4-2-6;2-1-4-3;;;/h2-9H,1H3;2-4H,1H3;1-5,9H;1,3H;;;/q;;;;2*+1;-1/p-1. The maximum absolute atomic E-state index is 12.4. The second-order valence-electron chi connectivity index (χ2n) is 8.08. The van der Waals surface area contributed by atoms with Crippen LogP contribution in [0.2, 0.25) is 0 Å². The van der Waals surface area contributed by atoms with Gasteiger partial charge in [-0.05, 0) is 86.6 Å². The van der Waals surface area contributed by atoms with Crippen molar-refractivity contribution < 1.29 is 153 Å². The number of benzene rings is 4. The van der Waals surface area contributed by atoms with Crippen molar-refractivity contribution in [2.24, 2.45) is 0 Å². The number of carbonyl (C=O) groups is 3. The van der Waals surface area contributed by atoms with E-state index in [1.807, 2.05) is 0 Å². The van der Waals surface area contributed by atoms with E-state index >= 15 is 0 Å². The first-order chi connectivity index (χ1) is 20.4. The summed E-state index contributed by atoms with van der Waals surface area (Å²) in [5.74, 6) is 0.814. The van der Waals surface area contributed by atoms with E-state index in [1.165, 1.54) is 25.1 Å². The average Bonchev–Trinajstić information content (AvgIpc) is 2.98. The van der Waals surface area contributed by atoms with Gasteiger partial charge in [0.05, 0.1) is 9.85 Å². The number of aromatic hydroxyl groups is 1. The second kappa shape index (κ2) is 24.5. The van der Waals surface area contributed by atoms with E-state index in [1.54, 1.807) is 55.5 Å². The molecule has 0 amide bonds. The third kappa shape index (κ3) is 17.5. The second-order valence-corrected chi connectivity index (χ2v) is 8.08. The molecule has 226 valence electrons.